The highest BCUT2D eigenvalue weighted by Crippen LogP contribution is 2.25. The third-order valence-corrected chi connectivity index (χ3v) is 4.49. The van der Waals surface area contributed by atoms with Crippen LogP contribution in [0.15, 0.2) is 36.7 Å². The Bertz CT molecular complexity index is 766. The van der Waals surface area contributed by atoms with E-state index in [9.17, 15) is 9.90 Å². The number of piperidine rings is 1. The van der Waals surface area contributed by atoms with Crippen LogP contribution in [-0.4, -0.2) is 58.3 Å². The summed E-state index contributed by atoms with van der Waals surface area (Å²) in [6.45, 7) is 2.89. The maximum Gasteiger partial charge on any atom is 0.316 e. The van der Waals surface area contributed by atoms with Gasteiger partial charge in [-0.2, -0.15) is 0 Å². The Morgan fingerprint density at radius 1 is 1.31 bits per heavy atom. The van der Waals surface area contributed by atoms with Crippen molar-refractivity contribution >= 4 is 5.91 Å². The minimum atomic E-state index is -1.08. The average molecular weight is 357 g/mol. The zero-order valence-corrected chi connectivity index (χ0v) is 15.0. The SMILES string of the molecule is COc1ncc(C(=O)N2CCCC(O)(COc3ccccc3C)C2)cn1. The van der Waals surface area contributed by atoms with Crippen molar-refractivity contribution in [2.75, 3.05) is 26.8 Å². The lowest BCUT2D eigenvalue weighted by atomic mass is 9.93. The fourth-order valence-electron chi connectivity index (χ4n) is 3.05. The van der Waals surface area contributed by atoms with Crippen LogP contribution in [0.5, 0.6) is 11.8 Å². The molecule has 7 nitrogen and oxygen atoms in total. The molecule has 0 spiro atoms. The summed E-state index contributed by atoms with van der Waals surface area (Å²) in [5.74, 6) is 0.537. The maximum atomic E-state index is 12.7. The lowest BCUT2D eigenvalue weighted by molar-refractivity contribution is -0.0533. The number of hydrogen-bond acceptors (Lipinski definition) is 6. The summed E-state index contributed by atoms with van der Waals surface area (Å²) < 4.78 is 10.7. The number of benzene rings is 1. The molecule has 7 heteroatoms. The lowest BCUT2D eigenvalue weighted by Crippen LogP contribution is -2.53. The number of amides is 1. The molecule has 0 radical (unpaired) electrons. The minimum Gasteiger partial charge on any atom is -0.490 e. The van der Waals surface area contributed by atoms with Gasteiger partial charge in [0.1, 0.15) is 18.0 Å². The summed E-state index contributed by atoms with van der Waals surface area (Å²) >= 11 is 0. The van der Waals surface area contributed by atoms with Gasteiger partial charge in [0, 0.05) is 18.9 Å². The number of β-amino-alcohol motifs (C(OH)–C–C–N with tert-alkyl or cyclic N) is 1. The molecule has 2 aromatic rings. The topological polar surface area (TPSA) is 84.8 Å². The summed E-state index contributed by atoms with van der Waals surface area (Å²) in [7, 11) is 1.47. The van der Waals surface area contributed by atoms with Crippen LogP contribution >= 0.6 is 0 Å². The Hall–Kier alpha value is -2.67. The van der Waals surface area contributed by atoms with Crippen LogP contribution in [-0.2, 0) is 0 Å². The van der Waals surface area contributed by atoms with E-state index in [2.05, 4.69) is 9.97 Å². The number of carbonyl (C=O) groups excluding carboxylic acids is 1. The Balaban J connectivity index is 1.65. The summed E-state index contributed by atoms with van der Waals surface area (Å²) in [4.78, 5) is 22.2. The van der Waals surface area contributed by atoms with Crippen LogP contribution in [0.4, 0.5) is 0 Å². The third-order valence-electron chi connectivity index (χ3n) is 4.49. The van der Waals surface area contributed by atoms with Crippen molar-refractivity contribution in [2.45, 2.75) is 25.4 Å². The first-order valence-electron chi connectivity index (χ1n) is 8.57. The van der Waals surface area contributed by atoms with Gasteiger partial charge in [0.15, 0.2) is 0 Å². The number of aromatic nitrogens is 2. The molecule has 1 aliphatic heterocycles. The van der Waals surface area contributed by atoms with Gasteiger partial charge in [0.2, 0.25) is 0 Å². The number of carbonyl (C=O) groups is 1. The second kappa shape index (κ2) is 7.70. The maximum absolute atomic E-state index is 12.7. The first-order valence-corrected chi connectivity index (χ1v) is 8.57. The molecule has 1 atom stereocenters. The van der Waals surface area contributed by atoms with Gasteiger partial charge < -0.3 is 19.5 Å². The van der Waals surface area contributed by atoms with Gasteiger partial charge in [-0.15, -0.1) is 0 Å². The highest BCUT2D eigenvalue weighted by molar-refractivity contribution is 5.93. The van der Waals surface area contributed by atoms with Crippen LogP contribution in [0.25, 0.3) is 0 Å². The summed E-state index contributed by atoms with van der Waals surface area (Å²) in [6.07, 6.45) is 4.16. The zero-order chi connectivity index (χ0) is 18.6. The van der Waals surface area contributed by atoms with Crippen molar-refractivity contribution < 1.29 is 19.4 Å². The van der Waals surface area contributed by atoms with Crippen molar-refractivity contribution in [3.05, 3.63) is 47.8 Å². The van der Waals surface area contributed by atoms with E-state index in [1.807, 2.05) is 31.2 Å². The molecule has 26 heavy (non-hydrogen) atoms. The molecule has 1 amide bonds. The summed E-state index contributed by atoms with van der Waals surface area (Å²) in [5, 5.41) is 10.9. The largest absolute Gasteiger partial charge is 0.490 e. The minimum absolute atomic E-state index is 0.140. The molecule has 1 unspecified atom stereocenters. The summed E-state index contributed by atoms with van der Waals surface area (Å²) in [5.41, 5.74) is 0.300. The van der Waals surface area contributed by atoms with Gasteiger partial charge in [0.25, 0.3) is 5.91 Å². The van der Waals surface area contributed by atoms with Crippen LogP contribution in [0, 0.1) is 6.92 Å². The van der Waals surface area contributed by atoms with E-state index in [0.717, 1.165) is 11.3 Å². The van der Waals surface area contributed by atoms with Crippen molar-refractivity contribution in [3.8, 4) is 11.8 Å². The second-order valence-electron chi connectivity index (χ2n) is 6.57. The second-order valence-corrected chi connectivity index (χ2v) is 6.57. The standard InChI is InChI=1S/C19H23N3O4/c1-14-6-3-4-7-16(14)26-13-19(24)8-5-9-22(12-19)17(23)15-10-20-18(25-2)21-11-15/h3-4,6-7,10-11,24H,5,8-9,12-13H2,1-2H3. The van der Waals surface area contributed by atoms with Crippen molar-refractivity contribution in [2.24, 2.45) is 0 Å². The normalized spacial score (nSPS) is 19.9. The quantitative estimate of drug-likeness (QED) is 0.879. The highest BCUT2D eigenvalue weighted by Gasteiger charge is 2.36. The predicted octanol–water partition coefficient (Wildman–Crippen LogP) is 1.84. The van der Waals surface area contributed by atoms with Crippen LogP contribution in [0.2, 0.25) is 0 Å². The molecule has 1 saturated heterocycles. The molecule has 1 N–H and O–H groups in total. The molecule has 138 valence electrons. The van der Waals surface area contributed by atoms with E-state index >= 15 is 0 Å². The van der Waals surface area contributed by atoms with Crippen LogP contribution in [0.3, 0.4) is 0 Å². The molecular formula is C19H23N3O4. The fourth-order valence-corrected chi connectivity index (χ4v) is 3.05. The molecule has 3 rings (SSSR count). The Kier molecular flexibility index (Phi) is 5.37. The molecule has 1 fully saturated rings. The van der Waals surface area contributed by atoms with Gasteiger partial charge in [0.05, 0.1) is 19.2 Å². The van der Waals surface area contributed by atoms with Gasteiger partial charge >= 0.3 is 6.01 Å². The molecule has 0 bridgehead atoms. The molecule has 0 saturated carbocycles. The first-order chi connectivity index (χ1) is 12.5. The van der Waals surface area contributed by atoms with E-state index in [1.165, 1.54) is 19.5 Å². The van der Waals surface area contributed by atoms with E-state index < -0.39 is 5.60 Å². The number of aliphatic hydroxyl groups is 1. The molecule has 2 heterocycles. The smallest absolute Gasteiger partial charge is 0.316 e. The van der Waals surface area contributed by atoms with E-state index in [0.29, 0.717) is 24.9 Å². The average Bonchev–Trinajstić information content (AvgIpc) is 2.67. The number of ether oxygens (including phenoxy) is 2. The molecule has 0 aliphatic carbocycles. The number of aryl methyl sites for hydroxylation is 1. The third kappa shape index (κ3) is 4.11. The molecule has 1 aliphatic rings. The number of para-hydroxylation sites is 1. The predicted molar refractivity (Wildman–Crippen MR) is 95.3 cm³/mol. The van der Waals surface area contributed by atoms with Gasteiger partial charge in [-0.3, -0.25) is 4.79 Å². The van der Waals surface area contributed by atoms with E-state index in [-0.39, 0.29) is 25.1 Å². The highest BCUT2D eigenvalue weighted by atomic mass is 16.5. The first kappa shape index (κ1) is 18.1. The van der Waals surface area contributed by atoms with Crippen LogP contribution < -0.4 is 9.47 Å². The number of methoxy groups -OCH3 is 1. The van der Waals surface area contributed by atoms with Crippen molar-refractivity contribution in [3.63, 3.8) is 0 Å². The molecule has 1 aromatic carbocycles. The van der Waals surface area contributed by atoms with Crippen LogP contribution in [0.1, 0.15) is 28.8 Å². The Morgan fingerprint density at radius 3 is 2.73 bits per heavy atom. The van der Waals surface area contributed by atoms with E-state index in [1.54, 1.807) is 4.90 Å². The van der Waals surface area contributed by atoms with Gasteiger partial charge in [-0.25, -0.2) is 9.97 Å². The fraction of sp³-hybridized carbons (Fsp3) is 0.421. The summed E-state index contributed by atoms with van der Waals surface area (Å²) in [6, 6.07) is 7.88. The lowest BCUT2D eigenvalue weighted by Gasteiger charge is -2.39. The molecular weight excluding hydrogens is 334 g/mol. The Morgan fingerprint density at radius 2 is 2.04 bits per heavy atom. The number of hydrogen-bond donors (Lipinski definition) is 1. The Labute approximate surface area is 152 Å². The molecule has 1 aromatic heterocycles. The number of rotatable bonds is 5. The van der Waals surface area contributed by atoms with Crippen molar-refractivity contribution in [1.29, 1.82) is 0 Å². The van der Waals surface area contributed by atoms with E-state index in [4.69, 9.17) is 9.47 Å². The number of nitrogens with zero attached hydrogens (tertiary/aromatic N) is 3. The van der Waals surface area contributed by atoms with Crippen molar-refractivity contribution in [1.82, 2.24) is 14.9 Å². The monoisotopic (exact) mass is 357 g/mol. The zero-order valence-electron chi connectivity index (χ0n) is 15.0. The van der Waals surface area contributed by atoms with Gasteiger partial charge in [-0.05, 0) is 31.4 Å². The number of likely N-dealkylation sites (tertiary alicyclic amines) is 1. The van der Waals surface area contributed by atoms with Gasteiger partial charge in [-0.1, -0.05) is 18.2 Å².